The molecule has 0 unspecified atom stereocenters. The van der Waals surface area contributed by atoms with Crippen LogP contribution in [0.25, 0.3) is 0 Å². The number of aryl methyl sites for hydroxylation is 1. The Balaban J connectivity index is 2.25. The van der Waals surface area contributed by atoms with Crippen molar-refractivity contribution >= 4 is 17.1 Å². The normalized spacial score (nSPS) is 12.7. The van der Waals surface area contributed by atoms with Gasteiger partial charge in [-0.15, -0.1) is 0 Å². The monoisotopic (exact) mass is 381 g/mol. The molecular formula is C22H27N3O3. The first-order valence-electron chi connectivity index (χ1n) is 9.00. The molecule has 0 aliphatic heterocycles. The second-order valence-electron chi connectivity index (χ2n) is 6.32. The van der Waals surface area contributed by atoms with E-state index in [-0.39, 0.29) is 0 Å². The maximum absolute atomic E-state index is 5.70. The quantitative estimate of drug-likeness (QED) is 0.493. The molecule has 28 heavy (non-hydrogen) atoms. The van der Waals surface area contributed by atoms with Gasteiger partial charge in [-0.25, -0.2) is 0 Å². The Morgan fingerprint density at radius 1 is 0.714 bits per heavy atom. The van der Waals surface area contributed by atoms with Gasteiger partial charge >= 0.3 is 0 Å². The van der Waals surface area contributed by atoms with E-state index in [9.17, 15) is 0 Å². The van der Waals surface area contributed by atoms with Crippen molar-refractivity contribution in [2.45, 2.75) is 34.3 Å². The molecule has 0 atom stereocenters. The van der Waals surface area contributed by atoms with E-state index in [0.29, 0.717) is 6.61 Å². The fraction of sp³-hybridized carbons (Fsp3) is 0.318. The number of nitrogens with zero attached hydrogens (tertiary/aromatic N) is 3. The van der Waals surface area contributed by atoms with Gasteiger partial charge in [0.15, 0.2) is 0 Å². The van der Waals surface area contributed by atoms with Gasteiger partial charge in [-0.1, -0.05) is 57.9 Å². The predicted octanol–water partition coefficient (Wildman–Crippen LogP) is 4.68. The second kappa shape index (κ2) is 10.3. The molecule has 2 aromatic rings. The van der Waals surface area contributed by atoms with Crippen LogP contribution in [0.5, 0.6) is 0 Å². The molecule has 2 aromatic carbocycles. The molecule has 0 aromatic heterocycles. The summed E-state index contributed by atoms with van der Waals surface area (Å²) in [5.74, 6) is 0. The third-order valence-corrected chi connectivity index (χ3v) is 4.37. The first kappa shape index (κ1) is 21.2. The Bertz CT molecular complexity index is 902. The summed E-state index contributed by atoms with van der Waals surface area (Å²) < 4.78 is 0. The molecule has 0 radical (unpaired) electrons. The SMILES string of the molecule is CO/N=C(/C)c1ccccc1/C(C)=N/OCc1c(C)cccc1/C(C)=N\OC. The summed E-state index contributed by atoms with van der Waals surface area (Å²) in [5.41, 5.74) is 7.36. The van der Waals surface area contributed by atoms with Gasteiger partial charge in [-0.2, -0.15) is 0 Å². The Morgan fingerprint density at radius 3 is 1.79 bits per heavy atom. The highest BCUT2D eigenvalue weighted by molar-refractivity contribution is 6.10. The molecule has 0 fully saturated rings. The molecule has 0 spiro atoms. The Kier molecular flexibility index (Phi) is 7.75. The van der Waals surface area contributed by atoms with Crippen molar-refractivity contribution in [3.63, 3.8) is 0 Å². The van der Waals surface area contributed by atoms with Gasteiger partial charge in [0.2, 0.25) is 0 Å². The Hall–Kier alpha value is -3.15. The van der Waals surface area contributed by atoms with E-state index in [4.69, 9.17) is 14.5 Å². The van der Waals surface area contributed by atoms with Crippen LogP contribution in [0.2, 0.25) is 0 Å². The van der Waals surface area contributed by atoms with Gasteiger partial charge in [-0.3, -0.25) is 0 Å². The highest BCUT2D eigenvalue weighted by Crippen LogP contribution is 2.18. The standard InChI is InChI=1S/C22H27N3O3/c1-15-10-9-13-21(17(3)24-27-6)22(15)14-28-25-18(4)20-12-8-7-11-19(20)16(2)23-26-5/h7-13H,14H2,1-6H3/b23-16-,24-17-,25-18+. The van der Waals surface area contributed by atoms with Crippen molar-refractivity contribution in [3.8, 4) is 0 Å². The Labute approximate surface area is 166 Å². The van der Waals surface area contributed by atoms with E-state index < -0.39 is 0 Å². The van der Waals surface area contributed by atoms with Crippen LogP contribution in [0.4, 0.5) is 0 Å². The lowest BCUT2D eigenvalue weighted by molar-refractivity contribution is 0.130. The van der Waals surface area contributed by atoms with Gasteiger partial charge in [-0.05, 0) is 33.3 Å². The number of hydrogen-bond acceptors (Lipinski definition) is 6. The van der Waals surface area contributed by atoms with Gasteiger partial charge in [0.25, 0.3) is 0 Å². The molecule has 0 saturated carbocycles. The summed E-state index contributed by atoms with van der Waals surface area (Å²) in [5, 5.41) is 12.4. The molecule has 0 amide bonds. The van der Waals surface area contributed by atoms with Gasteiger partial charge in [0.1, 0.15) is 20.8 Å². The van der Waals surface area contributed by atoms with E-state index in [1.54, 1.807) is 0 Å². The van der Waals surface area contributed by atoms with Crippen LogP contribution >= 0.6 is 0 Å². The van der Waals surface area contributed by atoms with Crippen LogP contribution in [-0.2, 0) is 21.1 Å². The molecular weight excluding hydrogens is 354 g/mol. The average Bonchev–Trinajstić information content (AvgIpc) is 2.69. The van der Waals surface area contributed by atoms with Crippen LogP contribution in [0.3, 0.4) is 0 Å². The average molecular weight is 381 g/mol. The van der Waals surface area contributed by atoms with Gasteiger partial charge in [0.05, 0.1) is 17.1 Å². The first-order chi connectivity index (χ1) is 13.5. The Morgan fingerprint density at radius 2 is 1.21 bits per heavy atom. The third-order valence-electron chi connectivity index (χ3n) is 4.37. The van der Waals surface area contributed by atoms with Crippen LogP contribution < -0.4 is 0 Å². The highest BCUT2D eigenvalue weighted by Gasteiger charge is 2.11. The molecule has 0 aliphatic rings. The summed E-state index contributed by atoms with van der Waals surface area (Å²) >= 11 is 0. The van der Waals surface area contributed by atoms with Crippen LogP contribution in [0.15, 0.2) is 57.9 Å². The van der Waals surface area contributed by atoms with Crippen molar-refractivity contribution in [1.29, 1.82) is 0 Å². The zero-order valence-corrected chi connectivity index (χ0v) is 17.3. The molecule has 2 rings (SSSR count). The first-order valence-corrected chi connectivity index (χ1v) is 9.00. The van der Waals surface area contributed by atoms with Crippen molar-refractivity contribution in [2.24, 2.45) is 15.5 Å². The van der Waals surface area contributed by atoms with Crippen molar-refractivity contribution < 1.29 is 14.5 Å². The number of oxime groups is 3. The number of rotatable bonds is 8. The summed E-state index contributed by atoms with van der Waals surface area (Å²) in [6, 6.07) is 13.9. The van der Waals surface area contributed by atoms with Crippen molar-refractivity contribution in [1.82, 2.24) is 0 Å². The maximum atomic E-state index is 5.70. The van der Waals surface area contributed by atoms with E-state index in [1.807, 2.05) is 70.2 Å². The summed E-state index contributed by atoms with van der Waals surface area (Å²) in [4.78, 5) is 15.5. The molecule has 0 bridgehead atoms. The third kappa shape index (κ3) is 5.19. The minimum Gasteiger partial charge on any atom is -0.399 e. The minimum absolute atomic E-state index is 0.337. The molecule has 6 heteroatoms. The highest BCUT2D eigenvalue weighted by atomic mass is 16.6. The smallest absolute Gasteiger partial charge is 0.143 e. The molecule has 6 nitrogen and oxygen atoms in total. The largest absolute Gasteiger partial charge is 0.399 e. The summed E-state index contributed by atoms with van der Waals surface area (Å²) in [7, 11) is 3.07. The molecule has 0 N–H and O–H groups in total. The van der Waals surface area contributed by atoms with E-state index in [0.717, 1.165) is 45.0 Å². The molecule has 0 heterocycles. The van der Waals surface area contributed by atoms with Crippen LogP contribution in [0.1, 0.15) is 48.6 Å². The van der Waals surface area contributed by atoms with E-state index in [2.05, 4.69) is 15.5 Å². The number of benzene rings is 2. The van der Waals surface area contributed by atoms with Gasteiger partial charge < -0.3 is 14.5 Å². The molecule has 0 aliphatic carbocycles. The van der Waals surface area contributed by atoms with Gasteiger partial charge in [0, 0.05) is 22.3 Å². The minimum atomic E-state index is 0.337. The fourth-order valence-corrected chi connectivity index (χ4v) is 2.96. The van der Waals surface area contributed by atoms with E-state index in [1.165, 1.54) is 14.2 Å². The second-order valence-corrected chi connectivity index (χ2v) is 6.32. The topological polar surface area (TPSA) is 64.8 Å². The lowest BCUT2D eigenvalue weighted by Gasteiger charge is -2.12. The predicted molar refractivity (Wildman–Crippen MR) is 113 cm³/mol. The molecule has 148 valence electrons. The lowest BCUT2D eigenvalue weighted by atomic mass is 10.00. The fourth-order valence-electron chi connectivity index (χ4n) is 2.96. The van der Waals surface area contributed by atoms with Crippen LogP contribution in [0, 0.1) is 6.92 Å². The maximum Gasteiger partial charge on any atom is 0.143 e. The number of hydrogen-bond donors (Lipinski definition) is 0. The van der Waals surface area contributed by atoms with Crippen molar-refractivity contribution in [3.05, 3.63) is 70.3 Å². The summed E-state index contributed by atoms with van der Waals surface area (Å²) in [6.07, 6.45) is 0. The lowest BCUT2D eigenvalue weighted by Crippen LogP contribution is -2.08. The zero-order valence-electron chi connectivity index (χ0n) is 17.3. The van der Waals surface area contributed by atoms with Crippen molar-refractivity contribution in [2.75, 3.05) is 14.2 Å². The zero-order chi connectivity index (χ0) is 20.5. The van der Waals surface area contributed by atoms with E-state index >= 15 is 0 Å². The molecule has 0 saturated heterocycles. The van der Waals surface area contributed by atoms with Crippen LogP contribution in [-0.4, -0.2) is 31.4 Å². The summed E-state index contributed by atoms with van der Waals surface area (Å²) in [6.45, 7) is 8.09.